The number of nitrogens with one attached hydrogen (secondary N) is 2. The summed E-state index contributed by atoms with van der Waals surface area (Å²) in [6.45, 7) is 8.04. The summed E-state index contributed by atoms with van der Waals surface area (Å²) in [7, 11) is 0. The Bertz CT molecular complexity index is 530. The number of carbonyl (C=O) groups is 1. The zero-order valence-electron chi connectivity index (χ0n) is 15.0. The van der Waals surface area contributed by atoms with Crippen molar-refractivity contribution in [2.45, 2.75) is 39.5 Å². The summed E-state index contributed by atoms with van der Waals surface area (Å²) in [6.07, 6.45) is 4.69. The number of nitrogens with zero attached hydrogens (tertiary/aromatic N) is 2. The van der Waals surface area contributed by atoms with Crippen LogP contribution in [-0.4, -0.2) is 43.6 Å². The van der Waals surface area contributed by atoms with Crippen LogP contribution in [0.5, 0.6) is 0 Å². The first kappa shape index (κ1) is 18.5. The summed E-state index contributed by atoms with van der Waals surface area (Å²) >= 11 is 0. The maximum Gasteiger partial charge on any atom is 0.251 e. The van der Waals surface area contributed by atoms with Crippen molar-refractivity contribution in [3.05, 3.63) is 17.7 Å². The lowest BCUT2D eigenvalue weighted by Gasteiger charge is -2.24. The molecule has 0 saturated heterocycles. The first-order valence-electron chi connectivity index (χ1n) is 9.17. The van der Waals surface area contributed by atoms with Crippen molar-refractivity contribution in [2.75, 3.05) is 42.9 Å². The fourth-order valence-electron chi connectivity index (χ4n) is 2.62. The number of hydrogen-bond donors (Lipinski definition) is 3. The molecule has 4 N–H and O–H groups in total. The molecule has 0 bridgehead atoms. The maximum atomic E-state index is 12.4. The van der Waals surface area contributed by atoms with Gasteiger partial charge in [-0.1, -0.05) is 13.8 Å². The SMILES string of the molecule is CCCNc1cc(C(=O)NCCN)cc(N(CCC)CC2CC2)n1. The van der Waals surface area contributed by atoms with Gasteiger partial charge < -0.3 is 21.3 Å². The molecule has 0 atom stereocenters. The molecule has 1 aromatic rings. The van der Waals surface area contributed by atoms with Crippen LogP contribution in [0.1, 0.15) is 49.9 Å². The third-order valence-electron chi connectivity index (χ3n) is 4.05. The molecule has 6 heteroatoms. The van der Waals surface area contributed by atoms with E-state index in [1.165, 1.54) is 12.8 Å². The summed E-state index contributed by atoms with van der Waals surface area (Å²) < 4.78 is 0. The summed E-state index contributed by atoms with van der Waals surface area (Å²) in [6, 6.07) is 3.73. The lowest BCUT2D eigenvalue weighted by atomic mass is 10.2. The Morgan fingerprint density at radius 1 is 1.29 bits per heavy atom. The Labute approximate surface area is 145 Å². The average Bonchev–Trinajstić information content (AvgIpc) is 3.41. The molecule has 24 heavy (non-hydrogen) atoms. The molecule has 0 aliphatic heterocycles. The van der Waals surface area contributed by atoms with Gasteiger partial charge in [-0.25, -0.2) is 4.98 Å². The van der Waals surface area contributed by atoms with Crippen LogP contribution in [0.2, 0.25) is 0 Å². The summed E-state index contributed by atoms with van der Waals surface area (Å²) in [5.41, 5.74) is 6.12. The molecule has 2 rings (SSSR count). The Kier molecular flexibility index (Phi) is 7.31. The number of pyridine rings is 1. The first-order chi connectivity index (χ1) is 11.7. The maximum absolute atomic E-state index is 12.4. The van der Waals surface area contributed by atoms with Gasteiger partial charge in [0.25, 0.3) is 5.91 Å². The Morgan fingerprint density at radius 3 is 2.71 bits per heavy atom. The number of hydrogen-bond acceptors (Lipinski definition) is 5. The molecule has 1 aliphatic rings. The second kappa shape index (κ2) is 9.47. The normalized spacial score (nSPS) is 13.6. The van der Waals surface area contributed by atoms with Crippen molar-refractivity contribution < 1.29 is 4.79 Å². The molecule has 1 aliphatic carbocycles. The quantitative estimate of drug-likeness (QED) is 0.578. The van der Waals surface area contributed by atoms with E-state index in [0.717, 1.165) is 50.0 Å². The van der Waals surface area contributed by atoms with Crippen LogP contribution in [0.25, 0.3) is 0 Å². The van der Waals surface area contributed by atoms with E-state index < -0.39 is 0 Å². The van der Waals surface area contributed by atoms with E-state index in [1.807, 2.05) is 12.1 Å². The fraction of sp³-hybridized carbons (Fsp3) is 0.667. The van der Waals surface area contributed by atoms with Crippen LogP contribution in [0.3, 0.4) is 0 Å². The topological polar surface area (TPSA) is 83.3 Å². The Balaban J connectivity index is 2.23. The number of carbonyl (C=O) groups excluding carboxylic acids is 1. The predicted molar refractivity (Wildman–Crippen MR) is 99.6 cm³/mol. The monoisotopic (exact) mass is 333 g/mol. The fourth-order valence-corrected chi connectivity index (χ4v) is 2.62. The number of anilines is 2. The molecule has 0 radical (unpaired) electrons. The highest BCUT2D eigenvalue weighted by Gasteiger charge is 2.25. The number of amides is 1. The third kappa shape index (κ3) is 5.67. The van der Waals surface area contributed by atoms with E-state index in [0.29, 0.717) is 18.7 Å². The van der Waals surface area contributed by atoms with Crippen molar-refractivity contribution in [3.8, 4) is 0 Å². The minimum absolute atomic E-state index is 0.0912. The number of rotatable bonds is 11. The second-order valence-corrected chi connectivity index (χ2v) is 6.46. The minimum Gasteiger partial charge on any atom is -0.370 e. The van der Waals surface area contributed by atoms with Gasteiger partial charge in [-0.15, -0.1) is 0 Å². The Morgan fingerprint density at radius 2 is 2.08 bits per heavy atom. The van der Waals surface area contributed by atoms with E-state index in [-0.39, 0.29) is 5.91 Å². The van der Waals surface area contributed by atoms with E-state index in [4.69, 9.17) is 10.7 Å². The molecule has 1 saturated carbocycles. The smallest absolute Gasteiger partial charge is 0.251 e. The van der Waals surface area contributed by atoms with Crippen LogP contribution >= 0.6 is 0 Å². The van der Waals surface area contributed by atoms with Crippen molar-refractivity contribution in [1.29, 1.82) is 0 Å². The molecular weight excluding hydrogens is 302 g/mol. The van der Waals surface area contributed by atoms with Crippen LogP contribution in [0.15, 0.2) is 12.1 Å². The van der Waals surface area contributed by atoms with Gasteiger partial charge in [0, 0.05) is 38.3 Å². The van der Waals surface area contributed by atoms with Crippen LogP contribution in [-0.2, 0) is 0 Å². The highest BCUT2D eigenvalue weighted by molar-refractivity contribution is 5.95. The molecule has 134 valence electrons. The minimum atomic E-state index is -0.0912. The van der Waals surface area contributed by atoms with Crippen molar-refractivity contribution >= 4 is 17.5 Å². The largest absolute Gasteiger partial charge is 0.370 e. The third-order valence-corrected chi connectivity index (χ3v) is 4.05. The van der Waals surface area contributed by atoms with Crippen molar-refractivity contribution in [1.82, 2.24) is 10.3 Å². The van der Waals surface area contributed by atoms with E-state index in [2.05, 4.69) is 29.4 Å². The van der Waals surface area contributed by atoms with E-state index >= 15 is 0 Å². The highest BCUT2D eigenvalue weighted by atomic mass is 16.1. The van der Waals surface area contributed by atoms with Gasteiger partial charge in [0.1, 0.15) is 11.6 Å². The molecule has 0 spiro atoms. The van der Waals surface area contributed by atoms with Gasteiger partial charge in [-0.05, 0) is 43.7 Å². The van der Waals surface area contributed by atoms with Gasteiger partial charge in [-0.3, -0.25) is 4.79 Å². The van der Waals surface area contributed by atoms with Crippen LogP contribution in [0.4, 0.5) is 11.6 Å². The predicted octanol–water partition coefficient (Wildman–Crippen LogP) is 2.22. The van der Waals surface area contributed by atoms with Gasteiger partial charge in [0.2, 0.25) is 0 Å². The molecule has 0 aromatic carbocycles. The summed E-state index contributed by atoms with van der Waals surface area (Å²) in [5.74, 6) is 2.35. The van der Waals surface area contributed by atoms with Crippen molar-refractivity contribution in [2.24, 2.45) is 11.7 Å². The van der Waals surface area contributed by atoms with Gasteiger partial charge in [0.15, 0.2) is 0 Å². The molecule has 0 unspecified atom stereocenters. The van der Waals surface area contributed by atoms with E-state index in [9.17, 15) is 4.79 Å². The zero-order valence-corrected chi connectivity index (χ0v) is 15.0. The van der Waals surface area contributed by atoms with Crippen molar-refractivity contribution in [3.63, 3.8) is 0 Å². The standard InChI is InChI=1S/C18H31N5O/c1-3-8-20-16-11-15(18(24)21-9-7-19)12-17(22-16)23(10-4-2)13-14-5-6-14/h11-12,14H,3-10,13,19H2,1-2H3,(H,20,22)(H,21,24). The molecule has 6 nitrogen and oxygen atoms in total. The molecule has 1 amide bonds. The number of nitrogens with two attached hydrogens (primary N) is 1. The molecule has 1 fully saturated rings. The van der Waals surface area contributed by atoms with Gasteiger partial charge >= 0.3 is 0 Å². The highest BCUT2D eigenvalue weighted by Crippen LogP contribution is 2.31. The lowest BCUT2D eigenvalue weighted by molar-refractivity contribution is 0.0954. The Hall–Kier alpha value is -1.82. The summed E-state index contributed by atoms with van der Waals surface area (Å²) in [4.78, 5) is 19.4. The van der Waals surface area contributed by atoms with Crippen LogP contribution < -0.4 is 21.3 Å². The first-order valence-corrected chi connectivity index (χ1v) is 9.17. The van der Waals surface area contributed by atoms with Gasteiger partial charge in [0.05, 0.1) is 0 Å². The average molecular weight is 333 g/mol. The lowest BCUT2D eigenvalue weighted by Crippen LogP contribution is -2.31. The molecular formula is C18H31N5O. The molecule has 1 aromatic heterocycles. The van der Waals surface area contributed by atoms with E-state index in [1.54, 1.807) is 0 Å². The zero-order chi connectivity index (χ0) is 17.4. The summed E-state index contributed by atoms with van der Waals surface area (Å²) in [5, 5.41) is 6.15. The van der Waals surface area contributed by atoms with Gasteiger partial charge in [-0.2, -0.15) is 0 Å². The second-order valence-electron chi connectivity index (χ2n) is 6.46. The van der Waals surface area contributed by atoms with Crippen LogP contribution in [0, 0.1) is 5.92 Å². The number of aromatic nitrogens is 1. The molecule has 1 heterocycles.